The van der Waals surface area contributed by atoms with Crippen molar-refractivity contribution in [3.05, 3.63) is 23.8 Å². The van der Waals surface area contributed by atoms with Crippen molar-refractivity contribution in [1.82, 2.24) is 0 Å². The number of rotatable bonds is 5. The Kier molecular flexibility index (Phi) is 4.50. The summed E-state index contributed by atoms with van der Waals surface area (Å²) >= 11 is 0. The van der Waals surface area contributed by atoms with Crippen LogP contribution in [0.5, 0.6) is 5.75 Å². The summed E-state index contributed by atoms with van der Waals surface area (Å²) in [5.74, 6) is -1.37. The summed E-state index contributed by atoms with van der Waals surface area (Å²) in [5, 5.41) is 0. The van der Waals surface area contributed by atoms with Gasteiger partial charge in [0.25, 0.3) is 0 Å². The molecule has 0 spiro atoms. The lowest BCUT2D eigenvalue weighted by Gasteiger charge is -2.18. The van der Waals surface area contributed by atoms with E-state index in [1.807, 2.05) is 0 Å². The van der Waals surface area contributed by atoms with Gasteiger partial charge in [-0.05, 0) is 19.1 Å². The van der Waals surface area contributed by atoms with Crippen molar-refractivity contribution in [3.63, 3.8) is 0 Å². The first kappa shape index (κ1) is 16.4. The SMILES string of the molecule is COc1cc(N2CC(CS(=O)(=O)F)CC2=O)ccc1C(C)=O. The van der Waals surface area contributed by atoms with E-state index in [-0.39, 0.29) is 24.7 Å². The van der Waals surface area contributed by atoms with Crippen molar-refractivity contribution in [2.24, 2.45) is 5.92 Å². The first-order valence-electron chi connectivity index (χ1n) is 6.63. The van der Waals surface area contributed by atoms with Crippen LogP contribution in [-0.4, -0.2) is 39.5 Å². The molecule has 1 aromatic carbocycles. The van der Waals surface area contributed by atoms with Crippen molar-refractivity contribution in [2.45, 2.75) is 13.3 Å². The monoisotopic (exact) mass is 329 g/mol. The second-order valence-electron chi connectivity index (χ2n) is 5.22. The van der Waals surface area contributed by atoms with E-state index in [1.165, 1.54) is 18.9 Å². The van der Waals surface area contributed by atoms with Gasteiger partial charge in [0, 0.05) is 30.6 Å². The molecular weight excluding hydrogens is 313 g/mol. The minimum absolute atomic E-state index is 0.0279. The van der Waals surface area contributed by atoms with Crippen LogP contribution in [0.1, 0.15) is 23.7 Å². The molecule has 0 aromatic heterocycles. The van der Waals surface area contributed by atoms with Crippen molar-refractivity contribution < 1.29 is 26.6 Å². The van der Waals surface area contributed by atoms with Gasteiger partial charge in [-0.15, -0.1) is 3.89 Å². The van der Waals surface area contributed by atoms with E-state index in [0.29, 0.717) is 17.0 Å². The Morgan fingerprint density at radius 3 is 2.68 bits per heavy atom. The van der Waals surface area contributed by atoms with Crippen molar-refractivity contribution in [2.75, 3.05) is 24.3 Å². The van der Waals surface area contributed by atoms with Gasteiger partial charge in [-0.1, -0.05) is 0 Å². The van der Waals surface area contributed by atoms with Gasteiger partial charge in [0.1, 0.15) is 5.75 Å². The Morgan fingerprint density at radius 1 is 1.45 bits per heavy atom. The Hall–Kier alpha value is -1.96. The first-order chi connectivity index (χ1) is 10.2. The molecule has 2 rings (SSSR count). The van der Waals surface area contributed by atoms with Crippen molar-refractivity contribution in [3.8, 4) is 5.75 Å². The summed E-state index contributed by atoms with van der Waals surface area (Å²) in [6.45, 7) is 1.52. The Labute approximate surface area is 128 Å². The van der Waals surface area contributed by atoms with Gasteiger partial charge in [0.15, 0.2) is 5.78 Å². The van der Waals surface area contributed by atoms with Crippen LogP contribution >= 0.6 is 0 Å². The third-order valence-electron chi connectivity index (χ3n) is 3.52. The van der Waals surface area contributed by atoms with Crippen LogP contribution < -0.4 is 9.64 Å². The summed E-state index contributed by atoms with van der Waals surface area (Å²) in [4.78, 5) is 24.8. The van der Waals surface area contributed by atoms with Crippen molar-refractivity contribution in [1.29, 1.82) is 0 Å². The lowest BCUT2D eigenvalue weighted by atomic mass is 10.1. The highest BCUT2D eigenvalue weighted by molar-refractivity contribution is 7.86. The highest BCUT2D eigenvalue weighted by Gasteiger charge is 2.34. The van der Waals surface area contributed by atoms with E-state index in [4.69, 9.17) is 4.74 Å². The molecule has 1 aliphatic rings. The molecule has 0 bridgehead atoms. The molecule has 8 heteroatoms. The van der Waals surface area contributed by atoms with Gasteiger partial charge in [-0.3, -0.25) is 9.59 Å². The van der Waals surface area contributed by atoms with E-state index < -0.39 is 21.9 Å². The van der Waals surface area contributed by atoms with Crippen molar-refractivity contribution >= 4 is 27.6 Å². The zero-order chi connectivity index (χ0) is 16.5. The number of ether oxygens (including phenoxy) is 1. The zero-order valence-electron chi connectivity index (χ0n) is 12.2. The maximum atomic E-state index is 12.7. The molecule has 1 aliphatic heterocycles. The summed E-state index contributed by atoms with van der Waals surface area (Å²) in [5.41, 5.74) is 0.881. The molecule has 0 aliphatic carbocycles. The van der Waals surface area contributed by atoms with E-state index in [9.17, 15) is 21.9 Å². The van der Waals surface area contributed by atoms with E-state index in [0.717, 1.165) is 0 Å². The molecule has 1 heterocycles. The number of Topliss-reactive ketones (excluding diaryl/α,β-unsaturated/α-hetero) is 1. The third kappa shape index (κ3) is 3.62. The highest BCUT2D eigenvalue weighted by Crippen LogP contribution is 2.31. The number of hydrogen-bond acceptors (Lipinski definition) is 5. The number of nitrogens with zero attached hydrogens (tertiary/aromatic N) is 1. The van der Waals surface area contributed by atoms with Crippen LogP contribution in [0.25, 0.3) is 0 Å². The van der Waals surface area contributed by atoms with Crippen LogP contribution in [0.15, 0.2) is 18.2 Å². The molecule has 1 amide bonds. The van der Waals surface area contributed by atoms with Crippen LogP contribution in [0.4, 0.5) is 9.57 Å². The molecule has 1 atom stereocenters. The number of halogens is 1. The standard InChI is InChI=1S/C14H16FNO5S/c1-9(17)12-4-3-11(6-13(12)21-2)16-7-10(5-14(16)18)8-22(15,19)20/h3-4,6,10H,5,7-8H2,1-2H3. The van der Waals surface area contributed by atoms with Gasteiger partial charge < -0.3 is 9.64 Å². The van der Waals surface area contributed by atoms with E-state index >= 15 is 0 Å². The Bertz CT molecular complexity index is 716. The summed E-state index contributed by atoms with van der Waals surface area (Å²) in [6.07, 6.45) is -0.0279. The third-order valence-corrected chi connectivity index (χ3v) is 4.39. The Morgan fingerprint density at radius 2 is 2.14 bits per heavy atom. The second kappa shape index (κ2) is 6.04. The number of benzene rings is 1. The molecule has 0 saturated carbocycles. The van der Waals surface area contributed by atoms with Crippen LogP contribution in [0, 0.1) is 5.92 Å². The maximum Gasteiger partial charge on any atom is 0.302 e. The lowest BCUT2D eigenvalue weighted by Crippen LogP contribution is -2.25. The molecule has 1 unspecified atom stereocenters. The number of carbonyl (C=O) groups is 2. The topological polar surface area (TPSA) is 80.8 Å². The number of methoxy groups -OCH3 is 1. The smallest absolute Gasteiger partial charge is 0.302 e. The van der Waals surface area contributed by atoms with E-state index in [2.05, 4.69) is 0 Å². The molecule has 120 valence electrons. The largest absolute Gasteiger partial charge is 0.496 e. The van der Waals surface area contributed by atoms with Crippen LogP contribution in [0.2, 0.25) is 0 Å². The van der Waals surface area contributed by atoms with Crippen LogP contribution in [-0.2, 0) is 15.0 Å². The predicted octanol–water partition coefficient (Wildman–Crippen LogP) is 1.55. The zero-order valence-corrected chi connectivity index (χ0v) is 13.0. The fourth-order valence-corrected chi connectivity index (χ4v) is 3.35. The number of ketones is 1. The van der Waals surface area contributed by atoms with Gasteiger partial charge in [-0.2, -0.15) is 8.42 Å². The summed E-state index contributed by atoms with van der Waals surface area (Å²) in [7, 11) is -3.20. The van der Waals surface area contributed by atoms with Gasteiger partial charge in [-0.25, -0.2) is 0 Å². The molecule has 1 fully saturated rings. The van der Waals surface area contributed by atoms with E-state index in [1.54, 1.807) is 18.2 Å². The minimum atomic E-state index is -4.62. The number of carbonyl (C=O) groups excluding carboxylic acids is 2. The lowest BCUT2D eigenvalue weighted by molar-refractivity contribution is -0.117. The number of hydrogen-bond donors (Lipinski definition) is 0. The fourth-order valence-electron chi connectivity index (χ4n) is 2.56. The average molecular weight is 329 g/mol. The first-order valence-corrected chi connectivity index (χ1v) is 8.18. The quantitative estimate of drug-likeness (QED) is 0.605. The minimum Gasteiger partial charge on any atom is -0.496 e. The number of anilines is 1. The number of amides is 1. The highest BCUT2D eigenvalue weighted by atomic mass is 32.3. The average Bonchev–Trinajstić information content (AvgIpc) is 2.76. The molecule has 0 N–H and O–H groups in total. The molecule has 6 nitrogen and oxygen atoms in total. The Balaban J connectivity index is 2.25. The predicted molar refractivity (Wildman–Crippen MR) is 78.4 cm³/mol. The van der Waals surface area contributed by atoms with Gasteiger partial charge in [0.05, 0.1) is 18.4 Å². The molecule has 22 heavy (non-hydrogen) atoms. The maximum absolute atomic E-state index is 12.7. The molecule has 1 aromatic rings. The summed E-state index contributed by atoms with van der Waals surface area (Å²) in [6, 6.07) is 4.67. The molecular formula is C14H16FNO5S. The fraction of sp³-hybridized carbons (Fsp3) is 0.429. The van der Waals surface area contributed by atoms with Gasteiger partial charge in [0.2, 0.25) is 5.91 Å². The van der Waals surface area contributed by atoms with Gasteiger partial charge >= 0.3 is 10.2 Å². The molecule has 1 saturated heterocycles. The second-order valence-corrected chi connectivity index (χ2v) is 6.63. The normalized spacial score (nSPS) is 18.6. The molecule has 0 radical (unpaired) electrons. The van der Waals surface area contributed by atoms with Crippen LogP contribution in [0.3, 0.4) is 0 Å². The summed E-state index contributed by atoms with van der Waals surface area (Å²) < 4.78 is 39.3.